The lowest BCUT2D eigenvalue weighted by atomic mass is 9.81. The monoisotopic (exact) mass is 400 g/mol. The second kappa shape index (κ2) is 8.76. The minimum absolute atomic E-state index is 0.173. The number of hydrogen-bond donors (Lipinski definition) is 1. The van der Waals surface area contributed by atoms with Gasteiger partial charge in [0.05, 0.1) is 20.7 Å². The topological polar surface area (TPSA) is 22.9 Å². The molecule has 0 spiro atoms. The van der Waals surface area contributed by atoms with Gasteiger partial charge in [0.1, 0.15) is 23.8 Å². The summed E-state index contributed by atoms with van der Waals surface area (Å²) in [6.45, 7) is 5.70. The summed E-state index contributed by atoms with van der Waals surface area (Å²) in [5, 5.41) is 0. The first kappa shape index (κ1) is 20.2. The van der Waals surface area contributed by atoms with E-state index in [2.05, 4.69) is 75.6 Å². The fraction of sp³-hybridized carbons (Fsp3) is 0.259. The quantitative estimate of drug-likeness (QED) is 0.660. The van der Waals surface area contributed by atoms with Crippen LogP contribution in [0.25, 0.3) is 5.76 Å². The molecule has 0 fully saturated rings. The minimum atomic E-state index is 0.173. The van der Waals surface area contributed by atoms with Crippen molar-refractivity contribution in [3.8, 4) is 11.5 Å². The number of ether oxygens (including phenoxy) is 2. The van der Waals surface area contributed by atoms with E-state index in [1.54, 1.807) is 0 Å². The van der Waals surface area contributed by atoms with Crippen LogP contribution in [0.1, 0.15) is 35.1 Å². The van der Waals surface area contributed by atoms with Crippen molar-refractivity contribution in [1.29, 1.82) is 0 Å². The van der Waals surface area contributed by atoms with Crippen molar-refractivity contribution in [2.24, 2.45) is 0 Å². The Kier molecular flexibility index (Phi) is 5.91. The molecule has 0 saturated heterocycles. The molecular formula is C27H30NO2+. The molecule has 4 rings (SSSR count). The second-order valence-corrected chi connectivity index (χ2v) is 8.18. The van der Waals surface area contributed by atoms with E-state index in [0.29, 0.717) is 6.61 Å². The highest BCUT2D eigenvalue weighted by Crippen LogP contribution is 2.45. The average molecular weight is 401 g/mol. The number of rotatable bonds is 6. The predicted octanol–water partition coefficient (Wildman–Crippen LogP) is 4.47. The predicted molar refractivity (Wildman–Crippen MR) is 122 cm³/mol. The third-order valence-corrected chi connectivity index (χ3v) is 5.46. The van der Waals surface area contributed by atoms with Crippen molar-refractivity contribution >= 4 is 5.76 Å². The smallest absolute Gasteiger partial charge is 0.140 e. The molecule has 30 heavy (non-hydrogen) atoms. The van der Waals surface area contributed by atoms with E-state index in [-0.39, 0.29) is 5.92 Å². The molecule has 3 aromatic rings. The number of hydrogen-bond acceptors (Lipinski definition) is 2. The first-order valence-electron chi connectivity index (χ1n) is 10.7. The van der Waals surface area contributed by atoms with Crippen LogP contribution in [0, 0.1) is 6.92 Å². The summed E-state index contributed by atoms with van der Waals surface area (Å²) in [7, 11) is 4.38. The van der Waals surface area contributed by atoms with Gasteiger partial charge in [-0.15, -0.1) is 0 Å². The Hall–Kier alpha value is -3.04. The van der Waals surface area contributed by atoms with Gasteiger partial charge in [-0.3, -0.25) is 0 Å². The molecule has 1 aliphatic rings. The molecule has 3 aromatic carbocycles. The highest BCUT2D eigenvalue weighted by atomic mass is 16.5. The molecule has 0 unspecified atom stereocenters. The molecule has 1 aliphatic heterocycles. The molecule has 0 radical (unpaired) electrons. The van der Waals surface area contributed by atoms with Crippen molar-refractivity contribution in [1.82, 2.24) is 0 Å². The SMILES string of the molecule is CCOc1ccc(C2=C(C[NH+](C)C)[C@@H](c3ccc(C)cc3)c3ccccc3O2)cc1. The lowest BCUT2D eigenvalue weighted by molar-refractivity contribution is -0.853. The molecule has 1 atom stereocenters. The van der Waals surface area contributed by atoms with Gasteiger partial charge in [-0.2, -0.15) is 0 Å². The summed E-state index contributed by atoms with van der Waals surface area (Å²) in [6.07, 6.45) is 0. The largest absolute Gasteiger partial charge is 0.494 e. The van der Waals surface area contributed by atoms with Crippen molar-refractivity contribution in [3.63, 3.8) is 0 Å². The molecule has 0 saturated carbocycles. The zero-order valence-electron chi connectivity index (χ0n) is 18.2. The maximum atomic E-state index is 6.53. The summed E-state index contributed by atoms with van der Waals surface area (Å²) < 4.78 is 12.2. The maximum Gasteiger partial charge on any atom is 0.140 e. The van der Waals surface area contributed by atoms with Crippen LogP contribution >= 0.6 is 0 Å². The summed E-state index contributed by atoms with van der Waals surface area (Å²) in [5.74, 6) is 2.95. The molecule has 3 heteroatoms. The van der Waals surface area contributed by atoms with Crippen LogP contribution in [-0.4, -0.2) is 27.2 Å². The van der Waals surface area contributed by atoms with Gasteiger partial charge in [0.2, 0.25) is 0 Å². The number of benzene rings is 3. The van der Waals surface area contributed by atoms with E-state index in [1.807, 2.05) is 25.1 Å². The summed E-state index contributed by atoms with van der Waals surface area (Å²) in [4.78, 5) is 1.37. The minimum Gasteiger partial charge on any atom is -0.494 e. The molecular weight excluding hydrogens is 370 g/mol. The Morgan fingerprint density at radius 1 is 0.900 bits per heavy atom. The molecule has 0 aliphatic carbocycles. The standard InChI is InChI=1S/C27H29NO2/c1-5-29-22-16-14-21(15-17-22)27-24(18-28(3)4)26(20-12-10-19(2)11-13-20)23-8-6-7-9-25(23)30-27/h6-17,26H,5,18H2,1-4H3/p+1/t26-/m0/s1. The maximum absolute atomic E-state index is 6.53. The van der Waals surface area contributed by atoms with E-state index < -0.39 is 0 Å². The summed E-state index contributed by atoms with van der Waals surface area (Å²) >= 11 is 0. The number of aryl methyl sites for hydroxylation is 1. The Morgan fingerprint density at radius 2 is 1.60 bits per heavy atom. The van der Waals surface area contributed by atoms with Crippen molar-refractivity contribution in [3.05, 3.63) is 101 Å². The van der Waals surface area contributed by atoms with E-state index in [1.165, 1.54) is 27.2 Å². The van der Waals surface area contributed by atoms with Gasteiger partial charge < -0.3 is 14.4 Å². The normalized spacial score (nSPS) is 15.7. The highest BCUT2D eigenvalue weighted by molar-refractivity contribution is 5.72. The summed E-state index contributed by atoms with van der Waals surface area (Å²) in [5.41, 5.74) is 6.20. The van der Waals surface area contributed by atoms with Crippen LogP contribution in [0.5, 0.6) is 11.5 Å². The number of para-hydroxylation sites is 1. The first-order valence-corrected chi connectivity index (χ1v) is 10.7. The Bertz CT molecular complexity index is 1030. The van der Waals surface area contributed by atoms with E-state index in [4.69, 9.17) is 9.47 Å². The van der Waals surface area contributed by atoms with Crippen LogP contribution in [0.2, 0.25) is 0 Å². The second-order valence-electron chi connectivity index (χ2n) is 8.18. The fourth-order valence-corrected chi connectivity index (χ4v) is 4.12. The number of fused-ring (bicyclic) bond motifs is 1. The Labute approximate surface area is 179 Å². The number of likely N-dealkylation sites (N-methyl/N-ethyl adjacent to an activating group) is 1. The molecule has 0 amide bonds. The Balaban J connectivity index is 1.88. The first-order chi connectivity index (χ1) is 14.6. The fourth-order valence-electron chi connectivity index (χ4n) is 4.12. The lowest BCUT2D eigenvalue weighted by Gasteiger charge is -2.32. The molecule has 3 nitrogen and oxygen atoms in total. The van der Waals surface area contributed by atoms with E-state index in [9.17, 15) is 0 Å². The van der Waals surface area contributed by atoms with Crippen molar-refractivity contribution in [2.75, 3.05) is 27.2 Å². The zero-order valence-corrected chi connectivity index (χ0v) is 18.2. The third-order valence-electron chi connectivity index (χ3n) is 5.46. The molecule has 154 valence electrons. The van der Waals surface area contributed by atoms with Crippen LogP contribution in [-0.2, 0) is 0 Å². The van der Waals surface area contributed by atoms with Crippen molar-refractivity contribution in [2.45, 2.75) is 19.8 Å². The zero-order chi connectivity index (χ0) is 21.1. The molecule has 1 heterocycles. The van der Waals surface area contributed by atoms with E-state index >= 15 is 0 Å². The average Bonchev–Trinajstić information content (AvgIpc) is 2.75. The van der Waals surface area contributed by atoms with Gasteiger partial charge in [-0.1, -0.05) is 48.0 Å². The van der Waals surface area contributed by atoms with Gasteiger partial charge in [0, 0.05) is 22.6 Å². The van der Waals surface area contributed by atoms with E-state index in [0.717, 1.165) is 29.4 Å². The number of nitrogens with one attached hydrogen (secondary N) is 1. The van der Waals surface area contributed by atoms with Crippen LogP contribution in [0.15, 0.2) is 78.4 Å². The van der Waals surface area contributed by atoms with Crippen LogP contribution in [0.3, 0.4) is 0 Å². The molecule has 0 bridgehead atoms. The van der Waals surface area contributed by atoms with Crippen LogP contribution in [0.4, 0.5) is 0 Å². The van der Waals surface area contributed by atoms with Gasteiger partial charge in [0.25, 0.3) is 0 Å². The lowest BCUT2D eigenvalue weighted by Crippen LogP contribution is -3.06. The van der Waals surface area contributed by atoms with Gasteiger partial charge in [-0.05, 0) is 49.7 Å². The summed E-state index contributed by atoms with van der Waals surface area (Å²) in [6, 6.07) is 25.6. The van der Waals surface area contributed by atoms with Crippen LogP contribution < -0.4 is 14.4 Å². The van der Waals surface area contributed by atoms with Gasteiger partial charge >= 0.3 is 0 Å². The van der Waals surface area contributed by atoms with Crippen molar-refractivity contribution < 1.29 is 14.4 Å². The number of quaternary nitrogens is 1. The molecule has 1 N–H and O–H groups in total. The third kappa shape index (κ3) is 4.12. The van der Waals surface area contributed by atoms with Gasteiger partial charge in [-0.25, -0.2) is 0 Å². The Morgan fingerprint density at radius 3 is 2.27 bits per heavy atom. The highest BCUT2D eigenvalue weighted by Gasteiger charge is 2.33. The van der Waals surface area contributed by atoms with Gasteiger partial charge in [0.15, 0.2) is 0 Å². The molecule has 0 aromatic heterocycles.